The molecule has 29 heavy (non-hydrogen) atoms. The highest BCUT2D eigenvalue weighted by Gasteiger charge is 2.34. The molecular formula is C23H26ClN3O2. The molecule has 0 aliphatic carbocycles. The Kier molecular flexibility index (Phi) is 5.99. The zero-order valence-corrected chi connectivity index (χ0v) is 17.7. The van der Waals surface area contributed by atoms with Gasteiger partial charge in [0.25, 0.3) is 5.91 Å². The Bertz CT molecular complexity index is 920. The lowest BCUT2D eigenvalue weighted by molar-refractivity contribution is -0.135. The number of amides is 1. The summed E-state index contributed by atoms with van der Waals surface area (Å²) < 4.78 is 5.40. The minimum Gasteiger partial charge on any atom is -0.379 e. The quantitative estimate of drug-likeness (QED) is 0.764. The van der Waals surface area contributed by atoms with Crippen LogP contribution in [0.25, 0.3) is 0 Å². The van der Waals surface area contributed by atoms with Crippen LogP contribution in [0, 0.1) is 13.8 Å². The normalized spacial score (nSPS) is 20.0. The molecule has 1 amide bonds. The number of carbonyl (C=O) groups is 1. The van der Waals surface area contributed by atoms with Crippen LogP contribution in [0.4, 0.5) is 0 Å². The molecule has 0 radical (unpaired) electrons. The van der Waals surface area contributed by atoms with Gasteiger partial charge in [-0.1, -0.05) is 35.9 Å². The first-order valence-corrected chi connectivity index (χ1v) is 10.4. The molecule has 0 N–H and O–H groups in total. The molecule has 0 spiro atoms. The monoisotopic (exact) mass is 411 g/mol. The smallest absolute Gasteiger partial charge is 0.257 e. The molecule has 0 unspecified atom stereocenters. The molecular weight excluding hydrogens is 386 g/mol. The number of hydrogen-bond acceptors (Lipinski definition) is 4. The van der Waals surface area contributed by atoms with E-state index in [9.17, 15) is 4.79 Å². The number of hydrazone groups is 1. The summed E-state index contributed by atoms with van der Waals surface area (Å²) in [6.45, 7) is 7.46. The molecule has 2 aliphatic rings. The highest BCUT2D eigenvalue weighted by Crippen LogP contribution is 2.33. The summed E-state index contributed by atoms with van der Waals surface area (Å²) in [5, 5.41) is 7.14. The second kappa shape index (κ2) is 8.66. The van der Waals surface area contributed by atoms with Crippen molar-refractivity contribution in [3.05, 3.63) is 69.7 Å². The average Bonchev–Trinajstić information content (AvgIpc) is 3.17. The summed E-state index contributed by atoms with van der Waals surface area (Å²) in [5.74, 6) is 0.0192. The first kappa shape index (κ1) is 20.1. The molecule has 0 saturated carbocycles. The number of benzene rings is 2. The molecule has 2 aromatic rings. The van der Waals surface area contributed by atoms with Crippen molar-refractivity contribution in [2.24, 2.45) is 5.10 Å². The maximum atomic E-state index is 13.2. The maximum Gasteiger partial charge on any atom is 0.257 e. The molecule has 2 aromatic carbocycles. The SMILES string of the molecule is Cc1ccc(C2=NN(C(=O)CN3CCOCC3)[C@H](c3ccc(Cl)cc3)C2)cc1C. The Balaban J connectivity index is 1.61. The molecule has 6 heteroatoms. The molecule has 5 nitrogen and oxygen atoms in total. The first-order chi connectivity index (χ1) is 14.0. The molecule has 0 bridgehead atoms. The van der Waals surface area contributed by atoms with Gasteiger partial charge in [-0.05, 0) is 54.3 Å². The van der Waals surface area contributed by atoms with Gasteiger partial charge in [-0.3, -0.25) is 9.69 Å². The molecule has 1 saturated heterocycles. The van der Waals surface area contributed by atoms with Gasteiger partial charge in [0.05, 0.1) is 31.5 Å². The minimum absolute atomic E-state index is 0.0192. The maximum absolute atomic E-state index is 13.2. The van der Waals surface area contributed by atoms with Crippen LogP contribution in [0.5, 0.6) is 0 Å². The number of halogens is 1. The fourth-order valence-corrected chi connectivity index (χ4v) is 3.93. The van der Waals surface area contributed by atoms with E-state index in [0.717, 1.165) is 29.9 Å². The van der Waals surface area contributed by atoms with Crippen LogP contribution in [0.1, 0.15) is 34.7 Å². The summed E-state index contributed by atoms with van der Waals surface area (Å²) in [5.41, 5.74) is 5.55. The summed E-state index contributed by atoms with van der Waals surface area (Å²) in [4.78, 5) is 15.3. The first-order valence-electron chi connectivity index (χ1n) is 10.0. The number of ether oxygens (including phenoxy) is 1. The lowest BCUT2D eigenvalue weighted by atomic mass is 9.96. The highest BCUT2D eigenvalue weighted by atomic mass is 35.5. The third-order valence-corrected chi connectivity index (χ3v) is 5.98. The lowest BCUT2D eigenvalue weighted by Gasteiger charge is -2.29. The number of hydrogen-bond donors (Lipinski definition) is 0. The predicted octanol–water partition coefficient (Wildman–Crippen LogP) is 3.97. The van der Waals surface area contributed by atoms with E-state index < -0.39 is 0 Å². The van der Waals surface area contributed by atoms with E-state index >= 15 is 0 Å². The van der Waals surface area contributed by atoms with Gasteiger partial charge in [0, 0.05) is 24.5 Å². The van der Waals surface area contributed by atoms with Crippen LogP contribution in [0.15, 0.2) is 47.6 Å². The van der Waals surface area contributed by atoms with Gasteiger partial charge < -0.3 is 4.74 Å². The molecule has 1 atom stereocenters. The van der Waals surface area contributed by atoms with E-state index in [1.165, 1.54) is 11.1 Å². The van der Waals surface area contributed by atoms with Gasteiger partial charge in [0.2, 0.25) is 0 Å². The lowest BCUT2D eigenvalue weighted by Crippen LogP contribution is -2.43. The Morgan fingerprint density at radius 1 is 1.10 bits per heavy atom. The Hall–Kier alpha value is -2.21. The number of morpholine rings is 1. The van der Waals surface area contributed by atoms with Crippen LogP contribution in [0.2, 0.25) is 5.02 Å². The zero-order valence-electron chi connectivity index (χ0n) is 16.9. The second-order valence-electron chi connectivity index (χ2n) is 7.74. The Labute approximate surface area is 176 Å². The van der Waals surface area contributed by atoms with Crippen LogP contribution >= 0.6 is 11.6 Å². The van der Waals surface area contributed by atoms with Crippen molar-refractivity contribution in [2.45, 2.75) is 26.3 Å². The van der Waals surface area contributed by atoms with Gasteiger partial charge in [-0.2, -0.15) is 5.10 Å². The van der Waals surface area contributed by atoms with Gasteiger partial charge in [0.15, 0.2) is 0 Å². The van der Waals surface area contributed by atoms with E-state index in [4.69, 9.17) is 21.4 Å². The third-order valence-electron chi connectivity index (χ3n) is 5.72. The number of aryl methyl sites for hydroxylation is 2. The summed E-state index contributed by atoms with van der Waals surface area (Å²) in [6.07, 6.45) is 0.693. The van der Waals surface area contributed by atoms with Gasteiger partial charge in [-0.25, -0.2) is 5.01 Å². The highest BCUT2D eigenvalue weighted by molar-refractivity contribution is 6.30. The van der Waals surface area contributed by atoms with Crippen molar-refractivity contribution in [3.63, 3.8) is 0 Å². The number of rotatable bonds is 4. The van der Waals surface area contributed by atoms with Crippen molar-refractivity contribution in [3.8, 4) is 0 Å². The van der Waals surface area contributed by atoms with E-state index in [2.05, 4.69) is 36.9 Å². The number of nitrogens with zero attached hydrogens (tertiary/aromatic N) is 3. The summed E-state index contributed by atoms with van der Waals surface area (Å²) in [6, 6.07) is 14.0. The van der Waals surface area contributed by atoms with E-state index in [-0.39, 0.29) is 11.9 Å². The molecule has 2 aliphatic heterocycles. The predicted molar refractivity (Wildman–Crippen MR) is 115 cm³/mol. The second-order valence-corrected chi connectivity index (χ2v) is 8.18. The molecule has 1 fully saturated rings. The van der Waals surface area contributed by atoms with Crippen LogP contribution in [-0.4, -0.2) is 54.4 Å². The van der Waals surface area contributed by atoms with Crippen LogP contribution in [0.3, 0.4) is 0 Å². The largest absolute Gasteiger partial charge is 0.379 e. The van der Waals surface area contributed by atoms with Gasteiger partial charge >= 0.3 is 0 Å². The molecule has 4 rings (SSSR count). The van der Waals surface area contributed by atoms with E-state index in [1.807, 2.05) is 24.3 Å². The number of carbonyl (C=O) groups excluding carboxylic acids is 1. The Morgan fingerprint density at radius 3 is 2.52 bits per heavy atom. The minimum atomic E-state index is -0.114. The van der Waals surface area contributed by atoms with Crippen molar-refractivity contribution in [1.29, 1.82) is 0 Å². The van der Waals surface area contributed by atoms with Gasteiger partial charge in [0.1, 0.15) is 0 Å². The fourth-order valence-electron chi connectivity index (χ4n) is 3.80. The molecule has 2 heterocycles. The van der Waals surface area contributed by atoms with Gasteiger partial charge in [-0.15, -0.1) is 0 Å². The summed E-state index contributed by atoms with van der Waals surface area (Å²) >= 11 is 6.08. The van der Waals surface area contributed by atoms with Crippen molar-refractivity contribution < 1.29 is 9.53 Å². The van der Waals surface area contributed by atoms with E-state index in [0.29, 0.717) is 31.2 Å². The summed E-state index contributed by atoms with van der Waals surface area (Å²) in [7, 11) is 0. The Morgan fingerprint density at radius 2 is 1.83 bits per heavy atom. The van der Waals surface area contributed by atoms with E-state index in [1.54, 1.807) is 5.01 Å². The standard InChI is InChI=1S/C23H26ClN3O2/c1-16-3-4-19(13-17(16)2)21-14-22(18-5-7-20(24)8-6-18)27(25-21)23(28)15-26-9-11-29-12-10-26/h3-8,13,22H,9-12,14-15H2,1-2H3/t22-/m0/s1. The zero-order chi connectivity index (χ0) is 20.4. The third kappa shape index (κ3) is 4.53. The van der Waals surface area contributed by atoms with Crippen LogP contribution in [-0.2, 0) is 9.53 Å². The topological polar surface area (TPSA) is 45.1 Å². The van der Waals surface area contributed by atoms with Crippen molar-refractivity contribution >= 4 is 23.2 Å². The molecule has 152 valence electrons. The average molecular weight is 412 g/mol. The van der Waals surface area contributed by atoms with Crippen molar-refractivity contribution in [1.82, 2.24) is 9.91 Å². The molecule has 0 aromatic heterocycles. The van der Waals surface area contributed by atoms with Crippen molar-refractivity contribution in [2.75, 3.05) is 32.8 Å². The van der Waals surface area contributed by atoms with Crippen LogP contribution < -0.4 is 0 Å². The fraction of sp³-hybridized carbons (Fsp3) is 0.391.